The molecule has 2 fully saturated rings. The Kier molecular flexibility index (Phi) is 10.1. The van der Waals surface area contributed by atoms with E-state index in [4.69, 9.17) is 37.9 Å². The molecule has 1 aromatic carbocycles. The van der Waals surface area contributed by atoms with Crippen LogP contribution < -0.4 is 0 Å². The number of carbonyl (C=O) groups is 4. The van der Waals surface area contributed by atoms with Crippen LogP contribution in [0.25, 0.3) is 6.08 Å². The number of carbonyl (C=O) groups excluding carboxylic acids is 4. The quantitative estimate of drug-likeness (QED) is 0.343. The predicted octanol–water partition coefficient (Wildman–Crippen LogP) is 1.50. The van der Waals surface area contributed by atoms with E-state index < -0.39 is 67.2 Å². The minimum atomic E-state index is -1.36. The predicted molar refractivity (Wildman–Crippen MR) is 123 cm³/mol. The van der Waals surface area contributed by atoms with Crippen molar-refractivity contribution >= 4 is 30.0 Å². The zero-order valence-corrected chi connectivity index (χ0v) is 20.9. The van der Waals surface area contributed by atoms with Gasteiger partial charge in [0.2, 0.25) is 6.29 Å². The van der Waals surface area contributed by atoms with E-state index in [9.17, 15) is 19.2 Å². The van der Waals surface area contributed by atoms with E-state index in [0.29, 0.717) is 0 Å². The standard InChI is InChI=1S/C25H30O12/c1-14(26)30-12-19-22(32-15(2)27)23(33-16(3)28)24(34-17(4)29)25(35-19)37-21-13-31-20(36-21)11-10-18-8-6-5-7-9-18/h5-11,19-25H,12-13H2,1-4H3/b11-10+/t19-,20?,21?,22-,23+,24-,25+/m1/s1. The highest BCUT2D eigenvalue weighted by Gasteiger charge is 2.53. The van der Waals surface area contributed by atoms with Crippen molar-refractivity contribution in [2.75, 3.05) is 13.2 Å². The van der Waals surface area contributed by atoms with E-state index in [1.165, 1.54) is 6.92 Å². The van der Waals surface area contributed by atoms with Crippen molar-refractivity contribution < 1.29 is 57.1 Å². The molecule has 3 rings (SSSR count). The monoisotopic (exact) mass is 522 g/mol. The number of ether oxygens (including phenoxy) is 8. The van der Waals surface area contributed by atoms with E-state index in [2.05, 4.69) is 0 Å². The van der Waals surface area contributed by atoms with Crippen molar-refractivity contribution in [2.45, 2.75) is 71.0 Å². The summed E-state index contributed by atoms with van der Waals surface area (Å²) in [5.41, 5.74) is 0.943. The molecule has 37 heavy (non-hydrogen) atoms. The number of esters is 4. The molecule has 2 aliphatic heterocycles. The lowest BCUT2D eigenvalue weighted by Crippen LogP contribution is -2.63. The van der Waals surface area contributed by atoms with Gasteiger partial charge in [0.25, 0.3) is 0 Å². The van der Waals surface area contributed by atoms with Crippen LogP contribution in [0.1, 0.15) is 33.3 Å². The van der Waals surface area contributed by atoms with Crippen molar-refractivity contribution in [1.29, 1.82) is 0 Å². The Morgan fingerprint density at radius 2 is 1.46 bits per heavy atom. The maximum Gasteiger partial charge on any atom is 0.303 e. The number of rotatable bonds is 9. The zero-order valence-electron chi connectivity index (χ0n) is 20.9. The molecule has 2 aliphatic rings. The first kappa shape index (κ1) is 28.3. The molecule has 0 bridgehead atoms. The fourth-order valence-corrected chi connectivity index (χ4v) is 3.78. The van der Waals surface area contributed by atoms with Crippen LogP contribution in [0.3, 0.4) is 0 Å². The lowest BCUT2D eigenvalue weighted by Gasteiger charge is -2.44. The second kappa shape index (κ2) is 13.3. The molecule has 2 heterocycles. The molecule has 1 aromatic rings. The third-order valence-electron chi connectivity index (χ3n) is 5.16. The third kappa shape index (κ3) is 8.64. The number of hydrogen-bond donors (Lipinski definition) is 0. The van der Waals surface area contributed by atoms with Gasteiger partial charge in [0.15, 0.2) is 30.9 Å². The van der Waals surface area contributed by atoms with Gasteiger partial charge in [0.05, 0.1) is 0 Å². The molecule has 2 saturated heterocycles. The van der Waals surface area contributed by atoms with Gasteiger partial charge in [-0.2, -0.15) is 0 Å². The largest absolute Gasteiger partial charge is 0.463 e. The fourth-order valence-electron chi connectivity index (χ4n) is 3.78. The molecule has 2 unspecified atom stereocenters. The summed E-state index contributed by atoms with van der Waals surface area (Å²) >= 11 is 0. The summed E-state index contributed by atoms with van der Waals surface area (Å²) in [6.07, 6.45) is -4.58. The van der Waals surface area contributed by atoms with Gasteiger partial charge in [0.1, 0.15) is 19.3 Å². The van der Waals surface area contributed by atoms with Crippen LogP contribution in [-0.2, 0) is 57.1 Å². The van der Waals surface area contributed by atoms with Crippen LogP contribution in [0.15, 0.2) is 36.4 Å². The minimum Gasteiger partial charge on any atom is -0.463 e. The average Bonchev–Trinajstić information content (AvgIpc) is 3.27. The summed E-state index contributed by atoms with van der Waals surface area (Å²) in [7, 11) is 0. The van der Waals surface area contributed by atoms with Crippen molar-refractivity contribution in [3.63, 3.8) is 0 Å². The van der Waals surface area contributed by atoms with Crippen LogP contribution in [0.4, 0.5) is 0 Å². The van der Waals surface area contributed by atoms with Crippen LogP contribution in [0.2, 0.25) is 0 Å². The van der Waals surface area contributed by atoms with Gasteiger partial charge in [-0.1, -0.05) is 36.4 Å². The summed E-state index contributed by atoms with van der Waals surface area (Å²) in [6.45, 7) is 4.27. The van der Waals surface area contributed by atoms with Crippen molar-refractivity contribution in [2.24, 2.45) is 0 Å². The summed E-state index contributed by atoms with van der Waals surface area (Å²) in [5, 5.41) is 0. The summed E-state index contributed by atoms with van der Waals surface area (Å²) in [5.74, 6) is -2.81. The molecule has 7 atom stereocenters. The average molecular weight is 523 g/mol. The fraction of sp³-hybridized carbons (Fsp3) is 0.520. The molecular weight excluding hydrogens is 492 g/mol. The van der Waals surface area contributed by atoms with Crippen LogP contribution in [0, 0.1) is 0 Å². The molecule has 0 spiro atoms. The highest BCUT2D eigenvalue weighted by Crippen LogP contribution is 2.31. The first-order valence-corrected chi connectivity index (χ1v) is 11.6. The van der Waals surface area contributed by atoms with Gasteiger partial charge >= 0.3 is 23.9 Å². The Hall–Kier alpha value is -3.32. The van der Waals surface area contributed by atoms with Crippen molar-refractivity contribution in [3.8, 4) is 0 Å². The van der Waals surface area contributed by atoms with E-state index in [1.807, 2.05) is 36.4 Å². The van der Waals surface area contributed by atoms with Gasteiger partial charge in [0, 0.05) is 27.7 Å². The molecular formula is C25H30O12. The first-order chi connectivity index (χ1) is 17.6. The number of benzene rings is 1. The van der Waals surface area contributed by atoms with Crippen molar-refractivity contribution in [3.05, 3.63) is 42.0 Å². The van der Waals surface area contributed by atoms with E-state index >= 15 is 0 Å². The highest BCUT2D eigenvalue weighted by atomic mass is 16.8. The smallest absolute Gasteiger partial charge is 0.303 e. The topological polar surface area (TPSA) is 142 Å². The van der Waals surface area contributed by atoms with Gasteiger partial charge in [-0.3, -0.25) is 19.2 Å². The van der Waals surface area contributed by atoms with E-state index in [1.54, 1.807) is 6.08 Å². The molecule has 0 aliphatic carbocycles. The highest BCUT2D eigenvalue weighted by molar-refractivity contribution is 5.68. The minimum absolute atomic E-state index is 0.0106. The molecule has 12 nitrogen and oxygen atoms in total. The number of hydrogen-bond acceptors (Lipinski definition) is 12. The Bertz CT molecular complexity index is 977. The summed E-state index contributed by atoms with van der Waals surface area (Å²) in [6, 6.07) is 9.52. The molecule has 0 aromatic heterocycles. The SMILES string of the molecule is CC(=O)OC[C@H]1O[C@@H](OC2COC(/C=C/c3ccccc3)O2)[C@H](OC(C)=O)[C@@H](OC(C)=O)[C@@H]1OC(C)=O. The molecule has 202 valence electrons. The maximum atomic E-state index is 11.9. The maximum absolute atomic E-state index is 11.9. The molecule has 0 N–H and O–H groups in total. The first-order valence-electron chi connectivity index (χ1n) is 11.6. The third-order valence-corrected chi connectivity index (χ3v) is 5.16. The lowest BCUT2D eigenvalue weighted by atomic mass is 9.98. The zero-order chi connectivity index (χ0) is 26.9. The summed E-state index contributed by atoms with van der Waals surface area (Å²) in [4.78, 5) is 47.1. The van der Waals surface area contributed by atoms with Gasteiger partial charge < -0.3 is 37.9 Å². The normalized spacial score (nSPS) is 29.5. The Morgan fingerprint density at radius 3 is 2.08 bits per heavy atom. The molecule has 0 radical (unpaired) electrons. The van der Waals surface area contributed by atoms with Crippen molar-refractivity contribution in [1.82, 2.24) is 0 Å². The second-order valence-corrected chi connectivity index (χ2v) is 8.24. The second-order valence-electron chi connectivity index (χ2n) is 8.24. The Labute approximate surface area is 213 Å². The molecule has 12 heteroatoms. The lowest BCUT2D eigenvalue weighted by molar-refractivity contribution is -0.335. The van der Waals surface area contributed by atoms with Gasteiger partial charge in [-0.25, -0.2) is 0 Å². The van der Waals surface area contributed by atoms with Crippen LogP contribution in [-0.4, -0.2) is 80.4 Å². The van der Waals surface area contributed by atoms with Gasteiger partial charge in [-0.15, -0.1) is 0 Å². The Morgan fingerprint density at radius 1 is 0.838 bits per heavy atom. The molecule has 0 amide bonds. The van der Waals surface area contributed by atoms with E-state index in [-0.39, 0.29) is 13.2 Å². The molecule has 0 saturated carbocycles. The van der Waals surface area contributed by atoms with Gasteiger partial charge in [-0.05, 0) is 11.6 Å². The van der Waals surface area contributed by atoms with Crippen LogP contribution >= 0.6 is 0 Å². The van der Waals surface area contributed by atoms with Crippen LogP contribution in [0.5, 0.6) is 0 Å². The Balaban J connectivity index is 1.79. The van der Waals surface area contributed by atoms with E-state index in [0.717, 1.165) is 26.3 Å². The summed E-state index contributed by atoms with van der Waals surface area (Å²) < 4.78 is 44.3.